The van der Waals surface area contributed by atoms with Crippen molar-refractivity contribution in [1.29, 1.82) is 0 Å². The first-order chi connectivity index (χ1) is 6.25. The molecule has 2 aromatic rings. The molecule has 66 valence electrons. The monoisotopic (exact) mass is 209 g/mol. The molecule has 0 aliphatic heterocycles. The average Bonchev–Trinajstić information content (AvgIpc) is 2.52. The van der Waals surface area contributed by atoms with Gasteiger partial charge in [0.2, 0.25) is 0 Å². The van der Waals surface area contributed by atoms with Crippen LogP contribution in [0, 0.1) is 0 Å². The van der Waals surface area contributed by atoms with E-state index >= 15 is 0 Å². The third kappa shape index (κ3) is 1.81. The molecular weight excluding hydrogens is 202 g/mol. The van der Waals surface area contributed by atoms with Gasteiger partial charge >= 0.3 is 0 Å². The molecule has 0 saturated carbocycles. The molecule has 0 bridgehead atoms. The summed E-state index contributed by atoms with van der Waals surface area (Å²) in [7, 11) is 0. The second-order valence-corrected chi connectivity index (χ2v) is 3.81. The summed E-state index contributed by atoms with van der Waals surface area (Å²) < 4.78 is 4.10. The molecule has 0 fully saturated rings. The van der Waals surface area contributed by atoms with Gasteiger partial charge in [-0.2, -0.15) is 9.36 Å². The molecule has 2 rings (SSSR count). The van der Waals surface area contributed by atoms with Crippen LogP contribution in [0.15, 0.2) is 29.2 Å². The van der Waals surface area contributed by atoms with Crippen LogP contribution in [0.5, 0.6) is 0 Å². The molecule has 2 N–H and O–H groups in total. The standard InChI is InChI=1S/C8H7N3S2/c9-8-10-7(11-13-8)5-2-1-3-6(12)4-5/h1-4,12H,(H2,9,10,11). The van der Waals surface area contributed by atoms with Gasteiger partial charge in [-0.25, -0.2) is 0 Å². The minimum absolute atomic E-state index is 0.486. The predicted molar refractivity (Wildman–Crippen MR) is 57.0 cm³/mol. The van der Waals surface area contributed by atoms with Gasteiger partial charge in [-0.15, -0.1) is 12.6 Å². The van der Waals surface area contributed by atoms with Gasteiger partial charge in [-0.1, -0.05) is 12.1 Å². The van der Waals surface area contributed by atoms with Crippen molar-refractivity contribution < 1.29 is 0 Å². The first-order valence-electron chi connectivity index (χ1n) is 3.64. The van der Waals surface area contributed by atoms with E-state index in [1.54, 1.807) is 0 Å². The largest absolute Gasteiger partial charge is 0.374 e. The second kappa shape index (κ2) is 3.35. The number of aromatic nitrogens is 2. The summed E-state index contributed by atoms with van der Waals surface area (Å²) in [4.78, 5) is 4.97. The number of hydrogen-bond donors (Lipinski definition) is 2. The van der Waals surface area contributed by atoms with E-state index in [4.69, 9.17) is 5.73 Å². The Kier molecular flexibility index (Phi) is 2.20. The highest BCUT2D eigenvalue weighted by Crippen LogP contribution is 2.21. The van der Waals surface area contributed by atoms with Gasteiger partial charge in [-0.05, 0) is 12.1 Å². The minimum Gasteiger partial charge on any atom is -0.374 e. The van der Waals surface area contributed by atoms with E-state index in [2.05, 4.69) is 22.0 Å². The molecular formula is C8H7N3S2. The molecule has 1 heterocycles. The number of hydrogen-bond acceptors (Lipinski definition) is 5. The molecule has 5 heteroatoms. The molecule has 1 aromatic carbocycles. The van der Waals surface area contributed by atoms with E-state index in [1.165, 1.54) is 11.5 Å². The van der Waals surface area contributed by atoms with Crippen LogP contribution in [0.2, 0.25) is 0 Å². The molecule has 0 saturated heterocycles. The van der Waals surface area contributed by atoms with Crippen molar-refractivity contribution in [2.24, 2.45) is 0 Å². The zero-order chi connectivity index (χ0) is 9.26. The van der Waals surface area contributed by atoms with E-state index < -0.39 is 0 Å². The molecule has 3 nitrogen and oxygen atoms in total. The first kappa shape index (κ1) is 8.52. The van der Waals surface area contributed by atoms with Gasteiger partial charge in [0.1, 0.15) is 0 Å². The maximum Gasteiger partial charge on any atom is 0.200 e. The van der Waals surface area contributed by atoms with Gasteiger partial charge in [-0.3, -0.25) is 0 Å². The van der Waals surface area contributed by atoms with Gasteiger partial charge in [0.05, 0.1) is 0 Å². The Balaban J connectivity index is 2.46. The molecule has 0 radical (unpaired) electrons. The lowest BCUT2D eigenvalue weighted by molar-refractivity contribution is 1.31. The van der Waals surface area contributed by atoms with Crippen LogP contribution in [-0.4, -0.2) is 9.36 Å². The Bertz CT molecular complexity index is 425. The van der Waals surface area contributed by atoms with Crippen molar-refractivity contribution >= 4 is 29.3 Å². The SMILES string of the molecule is Nc1nc(-c2cccc(S)c2)ns1. The summed E-state index contributed by atoms with van der Waals surface area (Å²) >= 11 is 5.42. The summed E-state index contributed by atoms with van der Waals surface area (Å²) in [5, 5.41) is 0.486. The van der Waals surface area contributed by atoms with Crippen molar-refractivity contribution in [2.75, 3.05) is 5.73 Å². The van der Waals surface area contributed by atoms with E-state index in [0.29, 0.717) is 11.0 Å². The number of nitrogens with zero attached hydrogens (tertiary/aromatic N) is 2. The van der Waals surface area contributed by atoms with E-state index in [1.807, 2.05) is 24.3 Å². The Hall–Kier alpha value is -1.07. The highest BCUT2D eigenvalue weighted by molar-refractivity contribution is 7.80. The molecule has 1 aromatic heterocycles. The van der Waals surface area contributed by atoms with Gasteiger partial charge in [0.15, 0.2) is 11.0 Å². The summed E-state index contributed by atoms with van der Waals surface area (Å²) in [6, 6.07) is 7.66. The maximum atomic E-state index is 5.48. The fourth-order valence-corrected chi connectivity index (χ4v) is 1.68. The number of nitrogen functional groups attached to an aromatic ring is 1. The summed E-state index contributed by atoms with van der Waals surface area (Å²) in [6.45, 7) is 0. The fraction of sp³-hybridized carbons (Fsp3) is 0. The molecule has 0 atom stereocenters. The second-order valence-electron chi connectivity index (χ2n) is 2.51. The molecule has 13 heavy (non-hydrogen) atoms. The number of nitrogens with two attached hydrogens (primary N) is 1. The number of rotatable bonds is 1. The molecule has 0 aliphatic carbocycles. The van der Waals surface area contributed by atoms with Gasteiger partial charge in [0.25, 0.3) is 0 Å². The highest BCUT2D eigenvalue weighted by Gasteiger charge is 2.03. The number of anilines is 1. The van der Waals surface area contributed by atoms with Gasteiger partial charge < -0.3 is 5.73 Å². The third-order valence-electron chi connectivity index (χ3n) is 1.55. The average molecular weight is 209 g/mol. The number of benzene rings is 1. The van der Waals surface area contributed by atoms with Crippen LogP contribution >= 0.6 is 24.2 Å². The van der Waals surface area contributed by atoms with Crippen LogP contribution < -0.4 is 5.73 Å². The van der Waals surface area contributed by atoms with Crippen molar-refractivity contribution in [3.63, 3.8) is 0 Å². The topological polar surface area (TPSA) is 51.8 Å². The third-order valence-corrected chi connectivity index (χ3v) is 2.37. The summed E-state index contributed by atoms with van der Waals surface area (Å²) in [6.07, 6.45) is 0. The van der Waals surface area contributed by atoms with Crippen LogP contribution in [0.4, 0.5) is 5.13 Å². The summed E-state index contributed by atoms with van der Waals surface area (Å²) in [5.74, 6) is 0.665. The first-order valence-corrected chi connectivity index (χ1v) is 4.86. The number of thiol groups is 1. The van der Waals surface area contributed by atoms with Crippen molar-refractivity contribution in [3.05, 3.63) is 24.3 Å². The zero-order valence-electron chi connectivity index (χ0n) is 6.64. The quantitative estimate of drug-likeness (QED) is 0.707. The zero-order valence-corrected chi connectivity index (χ0v) is 8.35. The minimum atomic E-state index is 0.486. The van der Waals surface area contributed by atoms with Crippen LogP contribution in [0.25, 0.3) is 11.4 Å². The van der Waals surface area contributed by atoms with Crippen LogP contribution in [0.3, 0.4) is 0 Å². The van der Waals surface area contributed by atoms with E-state index in [-0.39, 0.29) is 0 Å². The summed E-state index contributed by atoms with van der Waals surface area (Å²) in [5.41, 5.74) is 6.42. The van der Waals surface area contributed by atoms with E-state index in [0.717, 1.165) is 10.5 Å². The Labute approximate surface area is 85.2 Å². The Morgan fingerprint density at radius 1 is 1.38 bits per heavy atom. The van der Waals surface area contributed by atoms with Crippen molar-refractivity contribution in [3.8, 4) is 11.4 Å². The predicted octanol–water partition coefficient (Wildman–Crippen LogP) is 2.08. The van der Waals surface area contributed by atoms with E-state index in [9.17, 15) is 0 Å². The molecule has 0 spiro atoms. The van der Waals surface area contributed by atoms with Crippen LogP contribution in [0.1, 0.15) is 0 Å². The molecule has 0 unspecified atom stereocenters. The van der Waals surface area contributed by atoms with Gasteiger partial charge in [0, 0.05) is 22.0 Å². The lowest BCUT2D eigenvalue weighted by atomic mass is 10.2. The molecule has 0 amide bonds. The Morgan fingerprint density at radius 3 is 2.85 bits per heavy atom. The highest BCUT2D eigenvalue weighted by atomic mass is 32.1. The maximum absolute atomic E-state index is 5.48. The van der Waals surface area contributed by atoms with Crippen molar-refractivity contribution in [1.82, 2.24) is 9.36 Å². The normalized spacial score (nSPS) is 10.2. The smallest absolute Gasteiger partial charge is 0.200 e. The van der Waals surface area contributed by atoms with Crippen molar-refractivity contribution in [2.45, 2.75) is 4.90 Å². The van der Waals surface area contributed by atoms with Crippen LogP contribution in [-0.2, 0) is 0 Å². The fourth-order valence-electron chi connectivity index (χ4n) is 0.997. The molecule has 0 aliphatic rings. The lowest BCUT2D eigenvalue weighted by Gasteiger charge is -1.95. The Morgan fingerprint density at radius 2 is 2.23 bits per heavy atom. The lowest BCUT2D eigenvalue weighted by Crippen LogP contribution is -1.83.